The molecule has 1 atom stereocenters. The van der Waals surface area contributed by atoms with Gasteiger partial charge in [0.1, 0.15) is 12.1 Å². The van der Waals surface area contributed by atoms with Crippen molar-refractivity contribution >= 4 is 23.2 Å². The van der Waals surface area contributed by atoms with Crippen molar-refractivity contribution < 1.29 is 9.59 Å². The largest absolute Gasteiger partial charge is 0.368 e. The number of carbonyl (C=O) groups is 2. The highest BCUT2D eigenvalue weighted by Gasteiger charge is 2.30. The second kappa shape index (κ2) is 12.9. The molecular weight excluding hydrogens is 510 g/mol. The quantitative estimate of drug-likeness (QED) is 0.307. The summed E-state index contributed by atoms with van der Waals surface area (Å²) in [7, 11) is 0. The number of piperazine rings is 1. The van der Waals surface area contributed by atoms with Crippen molar-refractivity contribution in [2.75, 3.05) is 42.9 Å². The molecule has 7 nitrogen and oxygen atoms in total. The van der Waals surface area contributed by atoms with Crippen LogP contribution in [0.25, 0.3) is 11.1 Å². The van der Waals surface area contributed by atoms with Gasteiger partial charge in [-0.2, -0.15) is 5.26 Å². The number of carbonyl (C=O) groups excluding carboxylic acids is 2. The molecule has 1 fully saturated rings. The van der Waals surface area contributed by atoms with E-state index in [4.69, 9.17) is 0 Å². The third-order valence-electron chi connectivity index (χ3n) is 7.37. The number of nitriles is 1. The molecule has 1 heterocycles. The number of hydrogen-bond donors (Lipinski definition) is 2. The van der Waals surface area contributed by atoms with Crippen LogP contribution < -0.4 is 15.5 Å². The Kier molecular flexibility index (Phi) is 8.73. The van der Waals surface area contributed by atoms with Gasteiger partial charge < -0.3 is 15.5 Å². The van der Waals surface area contributed by atoms with Crippen LogP contribution in [0, 0.1) is 11.3 Å². The zero-order chi connectivity index (χ0) is 28.6. The monoisotopic (exact) mass is 543 g/mol. The van der Waals surface area contributed by atoms with Gasteiger partial charge in [0.25, 0.3) is 5.91 Å². The number of anilines is 2. The third-order valence-corrected chi connectivity index (χ3v) is 7.37. The smallest absolute Gasteiger partial charge is 0.256 e. The first-order valence-corrected chi connectivity index (χ1v) is 13.9. The molecule has 0 aromatic heterocycles. The van der Waals surface area contributed by atoms with Crippen LogP contribution in [0.1, 0.15) is 34.5 Å². The molecule has 0 aliphatic carbocycles. The first-order chi connectivity index (χ1) is 20.1. The summed E-state index contributed by atoms with van der Waals surface area (Å²) < 4.78 is 0. The molecule has 0 spiro atoms. The number of rotatable bonds is 8. The Morgan fingerprint density at radius 1 is 0.854 bits per heavy atom. The fraction of sp³-hybridized carbons (Fsp3) is 0.206. The number of nitrogens with one attached hydrogen (secondary N) is 2. The second-order valence-electron chi connectivity index (χ2n) is 9.94. The van der Waals surface area contributed by atoms with E-state index in [-0.39, 0.29) is 17.9 Å². The maximum absolute atomic E-state index is 13.3. The minimum Gasteiger partial charge on any atom is -0.368 e. The summed E-state index contributed by atoms with van der Waals surface area (Å²) >= 11 is 0. The van der Waals surface area contributed by atoms with Crippen molar-refractivity contribution in [3.05, 3.63) is 120 Å². The second-order valence-corrected chi connectivity index (χ2v) is 9.94. The van der Waals surface area contributed by atoms with Gasteiger partial charge in [-0.3, -0.25) is 14.5 Å². The average molecular weight is 544 g/mol. The SMILES string of the molecule is CCNC(=O)C(c1ccccc1)N1CCN(c2ccc(NC(=O)c3ccccc3-c3ccccc3)cc2C#N)CC1. The fourth-order valence-corrected chi connectivity index (χ4v) is 5.38. The Hall–Kier alpha value is -4.93. The van der Waals surface area contributed by atoms with Gasteiger partial charge in [-0.25, -0.2) is 0 Å². The Labute approximate surface area is 241 Å². The van der Waals surface area contributed by atoms with Gasteiger partial charge in [0.05, 0.1) is 11.3 Å². The summed E-state index contributed by atoms with van der Waals surface area (Å²) in [6.07, 6.45) is 0. The Morgan fingerprint density at radius 2 is 1.51 bits per heavy atom. The molecule has 206 valence electrons. The molecule has 1 unspecified atom stereocenters. The molecule has 2 N–H and O–H groups in total. The minimum atomic E-state index is -0.356. The van der Waals surface area contributed by atoms with Gasteiger partial charge in [-0.05, 0) is 47.9 Å². The van der Waals surface area contributed by atoms with E-state index in [1.54, 1.807) is 12.1 Å². The highest BCUT2D eigenvalue weighted by Crippen LogP contribution is 2.29. The van der Waals surface area contributed by atoms with Crippen molar-refractivity contribution in [3.8, 4) is 17.2 Å². The summed E-state index contributed by atoms with van der Waals surface area (Å²) in [5, 5.41) is 15.9. The van der Waals surface area contributed by atoms with E-state index in [0.717, 1.165) is 22.4 Å². The number of likely N-dealkylation sites (N-methyl/N-ethyl adjacent to an activating group) is 1. The molecule has 0 bridgehead atoms. The van der Waals surface area contributed by atoms with Crippen LogP contribution in [0.3, 0.4) is 0 Å². The molecule has 5 rings (SSSR count). The molecule has 1 aliphatic rings. The standard InChI is InChI=1S/C34H33N5O2/c1-2-36-34(41)32(26-13-7-4-8-14-26)39-21-19-38(20-22-39)31-18-17-28(23-27(31)24-35)37-33(40)30-16-10-9-15-29(30)25-11-5-3-6-12-25/h3-18,23,32H,2,19-22H2,1H3,(H,36,41)(H,37,40). The lowest BCUT2D eigenvalue weighted by Crippen LogP contribution is -2.51. The lowest BCUT2D eigenvalue weighted by atomic mass is 9.99. The molecule has 0 saturated carbocycles. The lowest BCUT2D eigenvalue weighted by Gasteiger charge is -2.40. The lowest BCUT2D eigenvalue weighted by molar-refractivity contribution is -0.126. The average Bonchev–Trinajstić information content (AvgIpc) is 3.02. The Balaban J connectivity index is 1.30. The number of nitrogens with zero attached hydrogens (tertiary/aromatic N) is 3. The number of benzene rings is 4. The van der Waals surface area contributed by atoms with Crippen molar-refractivity contribution in [3.63, 3.8) is 0 Å². The van der Waals surface area contributed by atoms with Crippen LogP contribution in [-0.4, -0.2) is 49.4 Å². The van der Waals surface area contributed by atoms with Gasteiger partial charge in [0.15, 0.2) is 0 Å². The normalized spacial score (nSPS) is 14.1. The van der Waals surface area contributed by atoms with E-state index in [1.165, 1.54) is 0 Å². The minimum absolute atomic E-state index is 0.00111. The van der Waals surface area contributed by atoms with Crippen molar-refractivity contribution in [2.24, 2.45) is 0 Å². The molecular formula is C34H33N5O2. The maximum atomic E-state index is 13.3. The van der Waals surface area contributed by atoms with Gasteiger partial charge in [0.2, 0.25) is 5.91 Å². The molecule has 2 amide bonds. The van der Waals surface area contributed by atoms with E-state index in [9.17, 15) is 14.9 Å². The molecule has 7 heteroatoms. The fourth-order valence-electron chi connectivity index (χ4n) is 5.38. The van der Waals surface area contributed by atoms with Crippen molar-refractivity contribution in [1.82, 2.24) is 10.2 Å². The maximum Gasteiger partial charge on any atom is 0.256 e. The zero-order valence-corrected chi connectivity index (χ0v) is 23.1. The topological polar surface area (TPSA) is 88.5 Å². The van der Waals surface area contributed by atoms with E-state index < -0.39 is 0 Å². The Bertz CT molecular complexity index is 1540. The van der Waals surface area contributed by atoms with E-state index in [0.29, 0.717) is 49.5 Å². The summed E-state index contributed by atoms with van der Waals surface area (Å²) in [5.74, 6) is -0.231. The van der Waals surface area contributed by atoms with E-state index in [2.05, 4.69) is 26.5 Å². The Morgan fingerprint density at radius 3 is 2.20 bits per heavy atom. The van der Waals surface area contributed by atoms with Crippen LogP contribution in [0.15, 0.2) is 103 Å². The number of amides is 2. The molecule has 41 heavy (non-hydrogen) atoms. The highest BCUT2D eigenvalue weighted by atomic mass is 16.2. The molecule has 4 aromatic rings. The van der Waals surface area contributed by atoms with Gasteiger partial charge in [-0.15, -0.1) is 0 Å². The van der Waals surface area contributed by atoms with Crippen molar-refractivity contribution in [1.29, 1.82) is 5.26 Å². The van der Waals surface area contributed by atoms with Gasteiger partial charge in [0, 0.05) is 44.0 Å². The van der Waals surface area contributed by atoms with E-state index in [1.807, 2.05) is 97.9 Å². The van der Waals surface area contributed by atoms with Crippen LogP contribution in [-0.2, 0) is 4.79 Å². The summed E-state index contributed by atoms with van der Waals surface area (Å²) in [5.41, 5.74) is 5.24. The van der Waals surface area contributed by atoms with E-state index >= 15 is 0 Å². The van der Waals surface area contributed by atoms with Crippen LogP contribution >= 0.6 is 0 Å². The van der Waals surface area contributed by atoms with Crippen LogP contribution in [0.4, 0.5) is 11.4 Å². The number of hydrogen-bond acceptors (Lipinski definition) is 5. The summed E-state index contributed by atoms with van der Waals surface area (Å²) in [6.45, 7) is 5.21. The van der Waals surface area contributed by atoms with Gasteiger partial charge in [-0.1, -0.05) is 78.9 Å². The first kappa shape index (κ1) is 27.6. The first-order valence-electron chi connectivity index (χ1n) is 13.9. The predicted octanol–water partition coefficient (Wildman–Crippen LogP) is 5.48. The molecule has 0 radical (unpaired) electrons. The predicted molar refractivity (Wildman–Crippen MR) is 163 cm³/mol. The van der Waals surface area contributed by atoms with Gasteiger partial charge >= 0.3 is 0 Å². The molecule has 4 aromatic carbocycles. The third kappa shape index (κ3) is 6.29. The van der Waals surface area contributed by atoms with Crippen LogP contribution in [0.2, 0.25) is 0 Å². The summed E-state index contributed by atoms with van der Waals surface area (Å²) in [4.78, 5) is 30.6. The molecule has 1 aliphatic heterocycles. The highest BCUT2D eigenvalue weighted by molar-refractivity contribution is 6.08. The summed E-state index contributed by atoms with van der Waals surface area (Å²) in [6, 6.07) is 34.6. The van der Waals surface area contributed by atoms with Crippen molar-refractivity contribution in [2.45, 2.75) is 13.0 Å². The molecule has 1 saturated heterocycles. The van der Waals surface area contributed by atoms with Crippen LogP contribution in [0.5, 0.6) is 0 Å². The zero-order valence-electron chi connectivity index (χ0n) is 23.1.